The molecule has 12 heavy (non-hydrogen) atoms. The van der Waals surface area contributed by atoms with E-state index in [1.165, 1.54) is 6.42 Å². The van der Waals surface area contributed by atoms with Crippen LogP contribution in [0.5, 0.6) is 0 Å². The van der Waals surface area contributed by atoms with Crippen molar-refractivity contribution in [2.45, 2.75) is 20.3 Å². The van der Waals surface area contributed by atoms with Gasteiger partial charge in [0.15, 0.2) is 0 Å². The van der Waals surface area contributed by atoms with Crippen molar-refractivity contribution in [3.05, 3.63) is 34.3 Å². The number of terminal acetylenes is 1. The zero-order valence-electron chi connectivity index (χ0n) is 7.47. The molecule has 1 aromatic carbocycles. The van der Waals surface area contributed by atoms with Crippen LogP contribution < -0.4 is 0 Å². The van der Waals surface area contributed by atoms with Gasteiger partial charge in [0.05, 0.1) is 0 Å². The van der Waals surface area contributed by atoms with E-state index in [0.29, 0.717) is 0 Å². The van der Waals surface area contributed by atoms with Gasteiger partial charge < -0.3 is 0 Å². The molecule has 0 aliphatic rings. The van der Waals surface area contributed by atoms with Gasteiger partial charge in [-0.15, -0.1) is 6.42 Å². The Morgan fingerprint density at radius 2 is 2.00 bits per heavy atom. The summed E-state index contributed by atoms with van der Waals surface area (Å²) in [5.74, 6) is 2.54. The fourth-order valence-electron chi connectivity index (χ4n) is 0.578. The minimum absolute atomic E-state index is 0.907. The van der Waals surface area contributed by atoms with Crippen LogP contribution in [0.1, 0.15) is 25.8 Å². The lowest BCUT2D eigenvalue weighted by Crippen LogP contribution is -1.70. The summed E-state index contributed by atoms with van der Waals surface area (Å²) < 4.78 is 1.03. The van der Waals surface area contributed by atoms with Gasteiger partial charge >= 0.3 is 0 Å². The van der Waals surface area contributed by atoms with E-state index in [4.69, 9.17) is 6.42 Å². The standard InChI is InChI=1S/C8H5Br.C3H8/c1-2-7-4-3-5-8(9)6-7;1-3-2/h1,3-6H;3H2,1-2H3. The first-order valence-corrected chi connectivity index (χ1v) is 4.76. The summed E-state index contributed by atoms with van der Waals surface area (Å²) in [6, 6.07) is 7.66. The molecule has 0 N–H and O–H groups in total. The fourth-order valence-corrected chi connectivity index (χ4v) is 0.978. The Morgan fingerprint density at radius 1 is 1.42 bits per heavy atom. The van der Waals surface area contributed by atoms with Gasteiger partial charge in [-0.2, -0.15) is 0 Å². The number of benzene rings is 1. The minimum atomic E-state index is 0.907. The van der Waals surface area contributed by atoms with Gasteiger partial charge in [0, 0.05) is 10.0 Å². The molecule has 0 spiro atoms. The molecule has 0 saturated heterocycles. The highest BCUT2D eigenvalue weighted by Gasteiger charge is 1.85. The smallest absolute Gasteiger partial charge is 0.0253 e. The highest BCUT2D eigenvalue weighted by molar-refractivity contribution is 9.10. The van der Waals surface area contributed by atoms with Crippen molar-refractivity contribution in [2.24, 2.45) is 0 Å². The Labute approximate surface area is 83.1 Å². The molecule has 0 aliphatic carbocycles. The average molecular weight is 225 g/mol. The van der Waals surface area contributed by atoms with Crippen molar-refractivity contribution in [3.8, 4) is 12.3 Å². The Morgan fingerprint density at radius 3 is 2.33 bits per heavy atom. The van der Waals surface area contributed by atoms with Gasteiger partial charge in [-0.25, -0.2) is 0 Å². The second-order valence-electron chi connectivity index (χ2n) is 2.36. The zero-order chi connectivity index (χ0) is 9.40. The van der Waals surface area contributed by atoms with Crippen LogP contribution in [0.25, 0.3) is 0 Å². The molecule has 0 atom stereocenters. The number of hydrogen-bond donors (Lipinski definition) is 0. The Bertz CT molecular complexity index is 258. The van der Waals surface area contributed by atoms with Crippen LogP contribution in [0.4, 0.5) is 0 Å². The second-order valence-corrected chi connectivity index (χ2v) is 3.28. The Balaban J connectivity index is 0.000000354. The van der Waals surface area contributed by atoms with E-state index in [1.54, 1.807) is 0 Å². The number of hydrogen-bond acceptors (Lipinski definition) is 0. The van der Waals surface area contributed by atoms with Crippen molar-refractivity contribution in [3.63, 3.8) is 0 Å². The maximum absolute atomic E-state index is 5.15. The summed E-state index contributed by atoms with van der Waals surface area (Å²) in [6.45, 7) is 4.25. The summed E-state index contributed by atoms with van der Waals surface area (Å²) >= 11 is 3.31. The molecule has 1 rings (SSSR count). The van der Waals surface area contributed by atoms with Crippen LogP contribution in [0, 0.1) is 12.3 Å². The van der Waals surface area contributed by atoms with E-state index < -0.39 is 0 Å². The lowest BCUT2D eigenvalue weighted by molar-refractivity contribution is 1.09. The molecule has 1 aromatic rings. The van der Waals surface area contributed by atoms with Crippen LogP contribution in [-0.4, -0.2) is 0 Å². The molecule has 0 heterocycles. The van der Waals surface area contributed by atoms with Gasteiger partial charge in [0.2, 0.25) is 0 Å². The van der Waals surface area contributed by atoms with Crippen LogP contribution in [0.15, 0.2) is 28.7 Å². The topological polar surface area (TPSA) is 0 Å². The molecular weight excluding hydrogens is 212 g/mol. The van der Waals surface area contributed by atoms with Crippen LogP contribution in [0.3, 0.4) is 0 Å². The first-order chi connectivity index (χ1) is 5.74. The van der Waals surface area contributed by atoms with Crippen molar-refractivity contribution in [1.29, 1.82) is 0 Å². The third kappa shape index (κ3) is 4.98. The van der Waals surface area contributed by atoms with Crippen molar-refractivity contribution >= 4 is 15.9 Å². The summed E-state index contributed by atoms with van der Waals surface area (Å²) in [4.78, 5) is 0. The quantitative estimate of drug-likeness (QED) is 0.588. The first-order valence-electron chi connectivity index (χ1n) is 3.96. The highest BCUT2D eigenvalue weighted by atomic mass is 79.9. The molecule has 0 aliphatic heterocycles. The van der Waals surface area contributed by atoms with E-state index >= 15 is 0 Å². The van der Waals surface area contributed by atoms with Crippen molar-refractivity contribution in [1.82, 2.24) is 0 Å². The predicted molar refractivity (Wildman–Crippen MR) is 58.0 cm³/mol. The van der Waals surface area contributed by atoms with Gasteiger partial charge in [0.25, 0.3) is 0 Å². The van der Waals surface area contributed by atoms with E-state index in [2.05, 4.69) is 35.7 Å². The Kier molecular flexibility index (Phi) is 6.51. The fraction of sp³-hybridized carbons (Fsp3) is 0.273. The largest absolute Gasteiger partial charge is 0.115 e. The van der Waals surface area contributed by atoms with Gasteiger partial charge in [-0.3, -0.25) is 0 Å². The van der Waals surface area contributed by atoms with E-state index in [9.17, 15) is 0 Å². The molecule has 64 valence electrons. The van der Waals surface area contributed by atoms with Gasteiger partial charge in [-0.1, -0.05) is 48.2 Å². The molecule has 0 saturated carbocycles. The van der Waals surface area contributed by atoms with Crippen LogP contribution in [-0.2, 0) is 0 Å². The predicted octanol–water partition coefficient (Wildman–Crippen LogP) is 3.85. The summed E-state index contributed by atoms with van der Waals surface area (Å²) in [5, 5.41) is 0. The van der Waals surface area contributed by atoms with Crippen molar-refractivity contribution in [2.75, 3.05) is 0 Å². The number of rotatable bonds is 0. The summed E-state index contributed by atoms with van der Waals surface area (Å²) in [7, 11) is 0. The molecule has 0 radical (unpaired) electrons. The van der Waals surface area contributed by atoms with E-state index in [-0.39, 0.29) is 0 Å². The normalized spacial score (nSPS) is 7.83. The second kappa shape index (κ2) is 6.94. The monoisotopic (exact) mass is 224 g/mol. The minimum Gasteiger partial charge on any atom is -0.115 e. The highest BCUT2D eigenvalue weighted by Crippen LogP contribution is 2.09. The molecular formula is C11H13Br. The van der Waals surface area contributed by atoms with E-state index in [0.717, 1.165) is 10.0 Å². The summed E-state index contributed by atoms with van der Waals surface area (Å²) in [5.41, 5.74) is 0.907. The van der Waals surface area contributed by atoms with Gasteiger partial charge in [-0.05, 0) is 18.2 Å². The average Bonchev–Trinajstić information content (AvgIpc) is 2.06. The van der Waals surface area contributed by atoms with Gasteiger partial charge in [0.1, 0.15) is 0 Å². The molecule has 0 amide bonds. The van der Waals surface area contributed by atoms with Crippen LogP contribution >= 0.6 is 15.9 Å². The van der Waals surface area contributed by atoms with Crippen LogP contribution in [0.2, 0.25) is 0 Å². The molecule has 0 fully saturated rings. The number of halogens is 1. The van der Waals surface area contributed by atoms with Crippen molar-refractivity contribution < 1.29 is 0 Å². The Hall–Kier alpha value is -0.740. The first kappa shape index (κ1) is 11.3. The molecule has 0 unspecified atom stereocenters. The maximum Gasteiger partial charge on any atom is 0.0253 e. The third-order valence-corrected chi connectivity index (χ3v) is 1.48. The summed E-state index contributed by atoms with van der Waals surface area (Å²) in [6.07, 6.45) is 6.40. The third-order valence-electron chi connectivity index (χ3n) is 0.991. The van der Waals surface area contributed by atoms with E-state index in [1.807, 2.05) is 24.3 Å². The lowest BCUT2D eigenvalue weighted by atomic mass is 10.2. The molecule has 0 nitrogen and oxygen atoms in total. The SMILES string of the molecule is C#Cc1cccc(Br)c1.CCC. The molecule has 1 heteroatoms. The molecule has 0 aromatic heterocycles. The maximum atomic E-state index is 5.15. The zero-order valence-corrected chi connectivity index (χ0v) is 9.06. The molecule has 0 bridgehead atoms. The lowest BCUT2D eigenvalue weighted by Gasteiger charge is -1.88.